The largest absolute Gasteiger partial charge is 0.396 e. The van der Waals surface area contributed by atoms with Crippen LogP contribution in [0.1, 0.15) is 66.2 Å². The Balaban J connectivity index is 4.01. The molecular formula is C21H38O. The standard InChI is InChI=1S/C21H38O/c1-7-17(2)12-13-19(4)21(6)15-14-20(5)18(3)11-9-8-10-16-22/h7,9,11,17,19-22H,1,3,8,10,12-16H2,2,4-6H3/b11-9-. The molecule has 0 radical (unpaired) electrons. The van der Waals surface area contributed by atoms with Gasteiger partial charge in [-0.1, -0.05) is 58.1 Å². The van der Waals surface area contributed by atoms with Gasteiger partial charge in [-0.2, -0.15) is 0 Å². The zero-order chi connectivity index (χ0) is 17.0. The van der Waals surface area contributed by atoms with Gasteiger partial charge >= 0.3 is 0 Å². The first kappa shape index (κ1) is 21.2. The van der Waals surface area contributed by atoms with Crippen molar-refractivity contribution in [3.8, 4) is 0 Å². The smallest absolute Gasteiger partial charge is 0.0433 e. The van der Waals surface area contributed by atoms with Crippen molar-refractivity contribution in [2.75, 3.05) is 6.61 Å². The van der Waals surface area contributed by atoms with Crippen molar-refractivity contribution < 1.29 is 5.11 Å². The summed E-state index contributed by atoms with van der Waals surface area (Å²) in [7, 11) is 0. The Morgan fingerprint density at radius 3 is 2.14 bits per heavy atom. The molecule has 0 bridgehead atoms. The summed E-state index contributed by atoms with van der Waals surface area (Å²) in [5.41, 5.74) is 1.22. The number of hydrogen-bond acceptors (Lipinski definition) is 1. The maximum atomic E-state index is 8.77. The second-order valence-electron chi connectivity index (χ2n) is 7.07. The molecule has 0 aliphatic heterocycles. The van der Waals surface area contributed by atoms with Crippen molar-refractivity contribution >= 4 is 0 Å². The van der Waals surface area contributed by atoms with Crippen LogP contribution in [0.25, 0.3) is 0 Å². The maximum absolute atomic E-state index is 8.77. The van der Waals surface area contributed by atoms with Gasteiger partial charge in [-0.25, -0.2) is 0 Å². The van der Waals surface area contributed by atoms with E-state index in [4.69, 9.17) is 5.11 Å². The van der Waals surface area contributed by atoms with Crippen LogP contribution in [0.3, 0.4) is 0 Å². The summed E-state index contributed by atoms with van der Waals surface area (Å²) in [6.45, 7) is 17.6. The fraction of sp³-hybridized carbons (Fsp3) is 0.714. The van der Waals surface area contributed by atoms with E-state index in [9.17, 15) is 0 Å². The van der Waals surface area contributed by atoms with E-state index in [1.807, 2.05) is 0 Å². The normalized spacial score (nSPS) is 17.1. The lowest BCUT2D eigenvalue weighted by Crippen LogP contribution is -2.11. The molecule has 0 saturated heterocycles. The Kier molecular flexibility index (Phi) is 12.2. The molecule has 0 saturated carbocycles. The summed E-state index contributed by atoms with van der Waals surface area (Å²) >= 11 is 0. The molecule has 0 aromatic rings. The Morgan fingerprint density at radius 2 is 1.59 bits per heavy atom. The van der Waals surface area contributed by atoms with Crippen LogP contribution in [0.5, 0.6) is 0 Å². The molecular weight excluding hydrogens is 268 g/mol. The summed E-state index contributed by atoms with van der Waals surface area (Å²) < 4.78 is 0. The highest BCUT2D eigenvalue weighted by Crippen LogP contribution is 2.27. The van der Waals surface area contributed by atoms with E-state index in [0.717, 1.165) is 24.7 Å². The van der Waals surface area contributed by atoms with Crippen molar-refractivity contribution in [2.24, 2.45) is 23.7 Å². The molecule has 0 aliphatic carbocycles. The Bertz CT molecular complexity index is 329. The highest BCUT2D eigenvalue weighted by atomic mass is 16.2. The Morgan fingerprint density at radius 1 is 1.00 bits per heavy atom. The predicted molar refractivity (Wildman–Crippen MR) is 99.9 cm³/mol. The number of aliphatic hydroxyl groups is 1. The molecule has 4 atom stereocenters. The van der Waals surface area contributed by atoms with E-state index in [1.165, 1.54) is 31.3 Å². The van der Waals surface area contributed by atoms with E-state index in [1.54, 1.807) is 0 Å². The number of unbranched alkanes of at least 4 members (excludes halogenated alkanes) is 1. The lowest BCUT2D eigenvalue weighted by atomic mass is 9.83. The third kappa shape index (κ3) is 10.00. The quantitative estimate of drug-likeness (QED) is 0.245. The second-order valence-corrected chi connectivity index (χ2v) is 7.07. The van der Waals surface area contributed by atoms with Crippen LogP contribution in [-0.4, -0.2) is 11.7 Å². The molecule has 0 aromatic heterocycles. The van der Waals surface area contributed by atoms with E-state index in [-0.39, 0.29) is 6.61 Å². The summed E-state index contributed by atoms with van der Waals surface area (Å²) in [5, 5.41) is 8.77. The fourth-order valence-corrected chi connectivity index (χ4v) is 2.52. The molecule has 0 amide bonds. The number of allylic oxidation sites excluding steroid dienone is 4. The topological polar surface area (TPSA) is 20.2 Å². The van der Waals surface area contributed by atoms with Gasteiger partial charge in [0.1, 0.15) is 0 Å². The van der Waals surface area contributed by atoms with Crippen molar-refractivity contribution in [1.29, 1.82) is 0 Å². The minimum absolute atomic E-state index is 0.270. The molecule has 0 fully saturated rings. The molecule has 1 N–H and O–H groups in total. The van der Waals surface area contributed by atoms with Gasteiger partial charge in [-0.05, 0) is 62.2 Å². The molecule has 128 valence electrons. The van der Waals surface area contributed by atoms with E-state index >= 15 is 0 Å². The van der Waals surface area contributed by atoms with Crippen LogP contribution < -0.4 is 0 Å². The van der Waals surface area contributed by atoms with E-state index in [0.29, 0.717) is 11.8 Å². The third-order valence-electron chi connectivity index (χ3n) is 5.00. The molecule has 1 nitrogen and oxygen atoms in total. The highest BCUT2D eigenvalue weighted by Gasteiger charge is 2.15. The summed E-state index contributed by atoms with van der Waals surface area (Å²) in [5.74, 6) is 2.73. The summed E-state index contributed by atoms with van der Waals surface area (Å²) in [4.78, 5) is 0. The van der Waals surface area contributed by atoms with Crippen LogP contribution in [0.4, 0.5) is 0 Å². The fourth-order valence-electron chi connectivity index (χ4n) is 2.52. The molecule has 0 aliphatic rings. The molecule has 1 heteroatoms. The Hall–Kier alpha value is -0.820. The van der Waals surface area contributed by atoms with Crippen molar-refractivity contribution in [3.05, 3.63) is 37.0 Å². The number of hydrogen-bond donors (Lipinski definition) is 1. The zero-order valence-electron chi connectivity index (χ0n) is 15.4. The van der Waals surface area contributed by atoms with E-state index < -0.39 is 0 Å². The number of aliphatic hydroxyl groups excluding tert-OH is 1. The van der Waals surface area contributed by atoms with Gasteiger partial charge in [0, 0.05) is 6.61 Å². The van der Waals surface area contributed by atoms with Gasteiger partial charge in [-0.15, -0.1) is 6.58 Å². The molecule has 0 aromatic carbocycles. The first-order valence-corrected chi connectivity index (χ1v) is 9.01. The molecule has 0 rings (SSSR count). The van der Waals surface area contributed by atoms with Gasteiger partial charge in [-0.3, -0.25) is 0 Å². The minimum atomic E-state index is 0.270. The zero-order valence-corrected chi connectivity index (χ0v) is 15.4. The molecule has 0 spiro atoms. The first-order valence-electron chi connectivity index (χ1n) is 9.01. The van der Waals surface area contributed by atoms with Crippen molar-refractivity contribution in [3.63, 3.8) is 0 Å². The summed E-state index contributed by atoms with van der Waals surface area (Å²) in [6, 6.07) is 0. The molecule has 22 heavy (non-hydrogen) atoms. The van der Waals surface area contributed by atoms with E-state index in [2.05, 4.69) is 59.1 Å². The van der Waals surface area contributed by atoms with Gasteiger partial charge in [0.25, 0.3) is 0 Å². The van der Waals surface area contributed by atoms with Gasteiger partial charge in [0.2, 0.25) is 0 Å². The predicted octanol–water partition coefficient (Wildman–Crippen LogP) is 6.16. The maximum Gasteiger partial charge on any atom is 0.0433 e. The second kappa shape index (κ2) is 12.7. The monoisotopic (exact) mass is 306 g/mol. The first-order chi connectivity index (χ1) is 10.4. The van der Waals surface area contributed by atoms with Crippen LogP contribution in [0, 0.1) is 23.7 Å². The average molecular weight is 307 g/mol. The van der Waals surface area contributed by atoms with Crippen LogP contribution in [0.2, 0.25) is 0 Å². The van der Waals surface area contributed by atoms with Crippen LogP contribution >= 0.6 is 0 Å². The highest BCUT2D eigenvalue weighted by molar-refractivity contribution is 5.16. The number of rotatable bonds is 13. The SMILES string of the molecule is C=CC(C)CCC(C)C(C)CCC(C)C(=C)/C=C\CCCO. The van der Waals surface area contributed by atoms with Crippen LogP contribution in [0.15, 0.2) is 37.0 Å². The van der Waals surface area contributed by atoms with Gasteiger partial charge in [0.15, 0.2) is 0 Å². The van der Waals surface area contributed by atoms with Gasteiger partial charge in [0.05, 0.1) is 0 Å². The minimum Gasteiger partial charge on any atom is -0.396 e. The van der Waals surface area contributed by atoms with Crippen molar-refractivity contribution in [1.82, 2.24) is 0 Å². The van der Waals surface area contributed by atoms with Gasteiger partial charge < -0.3 is 5.11 Å². The Labute approximate surface area is 139 Å². The lowest BCUT2D eigenvalue weighted by Gasteiger charge is -2.22. The third-order valence-corrected chi connectivity index (χ3v) is 5.00. The van der Waals surface area contributed by atoms with Crippen LogP contribution in [-0.2, 0) is 0 Å². The molecule has 4 unspecified atom stereocenters. The van der Waals surface area contributed by atoms with Crippen molar-refractivity contribution in [2.45, 2.75) is 66.2 Å². The lowest BCUT2D eigenvalue weighted by molar-refractivity contribution is 0.289. The molecule has 0 heterocycles. The summed E-state index contributed by atoms with van der Waals surface area (Å²) in [6.07, 6.45) is 13.2. The average Bonchev–Trinajstić information content (AvgIpc) is 2.53.